The third-order valence-corrected chi connectivity index (χ3v) is 4.36. The molecule has 1 aromatic carbocycles. The number of pyridine rings is 1. The Morgan fingerprint density at radius 3 is 2.79 bits per heavy atom. The Balaban J connectivity index is 1.96. The minimum Gasteiger partial charge on any atom is -0.482 e. The molecule has 0 bridgehead atoms. The van der Waals surface area contributed by atoms with Crippen molar-refractivity contribution in [1.82, 2.24) is 9.71 Å². The van der Waals surface area contributed by atoms with Gasteiger partial charge in [0.05, 0.1) is 6.61 Å². The first-order chi connectivity index (χ1) is 11.5. The zero-order valence-electron chi connectivity index (χ0n) is 13.1. The summed E-state index contributed by atoms with van der Waals surface area (Å²) in [6.07, 6.45) is 2.78. The molecule has 1 aromatic heterocycles. The van der Waals surface area contributed by atoms with Gasteiger partial charge < -0.3 is 9.47 Å². The van der Waals surface area contributed by atoms with Crippen molar-refractivity contribution in [3.05, 3.63) is 54.4 Å². The number of rotatable bonds is 8. The van der Waals surface area contributed by atoms with Gasteiger partial charge in [-0.3, -0.25) is 4.98 Å². The van der Waals surface area contributed by atoms with Gasteiger partial charge in [0.25, 0.3) is 0 Å². The number of aromatic nitrogens is 1. The van der Waals surface area contributed by atoms with E-state index < -0.39 is 16.0 Å². The molecule has 0 atom stereocenters. The number of carbonyl (C=O) groups excluding carboxylic acids is 1. The normalized spacial score (nSPS) is 11.0. The molecular weight excluding hydrogens is 332 g/mol. The summed E-state index contributed by atoms with van der Waals surface area (Å²) in [7, 11) is -3.63. The van der Waals surface area contributed by atoms with E-state index in [0.29, 0.717) is 17.9 Å². The minimum atomic E-state index is -3.63. The SMILES string of the molecule is CCOC(=O)COc1cccc(CNS(=O)(=O)c2cccnc2)c1. The Hall–Kier alpha value is -2.45. The van der Waals surface area contributed by atoms with Crippen molar-refractivity contribution in [2.75, 3.05) is 13.2 Å². The van der Waals surface area contributed by atoms with E-state index in [0.717, 1.165) is 0 Å². The molecule has 0 saturated carbocycles. The number of ether oxygens (including phenoxy) is 2. The van der Waals surface area contributed by atoms with Crippen LogP contribution in [0.3, 0.4) is 0 Å². The summed E-state index contributed by atoms with van der Waals surface area (Å²) >= 11 is 0. The molecule has 0 unspecified atom stereocenters. The number of sulfonamides is 1. The van der Waals surface area contributed by atoms with Gasteiger partial charge in [-0.05, 0) is 36.8 Å². The van der Waals surface area contributed by atoms with E-state index in [9.17, 15) is 13.2 Å². The Kier molecular flexibility index (Phi) is 6.28. The highest BCUT2D eigenvalue weighted by atomic mass is 32.2. The lowest BCUT2D eigenvalue weighted by Crippen LogP contribution is -2.23. The second kappa shape index (κ2) is 8.42. The lowest BCUT2D eigenvalue weighted by molar-refractivity contribution is -0.145. The van der Waals surface area contributed by atoms with Crippen molar-refractivity contribution >= 4 is 16.0 Å². The highest BCUT2D eigenvalue weighted by Gasteiger charge is 2.13. The molecule has 0 radical (unpaired) electrons. The van der Waals surface area contributed by atoms with Crippen molar-refractivity contribution in [2.24, 2.45) is 0 Å². The smallest absolute Gasteiger partial charge is 0.344 e. The van der Waals surface area contributed by atoms with Crippen LogP contribution in [0.5, 0.6) is 5.75 Å². The quantitative estimate of drug-likeness (QED) is 0.725. The van der Waals surface area contributed by atoms with Crippen LogP contribution in [0.25, 0.3) is 0 Å². The molecule has 24 heavy (non-hydrogen) atoms. The predicted octanol–water partition coefficient (Wildman–Crippen LogP) is 1.50. The first-order valence-electron chi connectivity index (χ1n) is 7.28. The Morgan fingerprint density at radius 1 is 1.25 bits per heavy atom. The van der Waals surface area contributed by atoms with Gasteiger partial charge in [0.15, 0.2) is 6.61 Å². The zero-order valence-corrected chi connectivity index (χ0v) is 14.0. The van der Waals surface area contributed by atoms with E-state index in [-0.39, 0.29) is 18.0 Å². The number of esters is 1. The van der Waals surface area contributed by atoms with Crippen LogP contribution in [0.2, 0.25) is 0 Å². The number of nitrogens with one attached hydrogen (secondary N) is 1. The van der Waals surface area contributed by atoms with Gasteiger partial charge in [-0.2, -0.15) is 0 Å². The molecule has 1 heterocycles. The predicted molar refractivity (Wildman–Crippen MR) is 86.8 cm³/mol. The van der Waals surface area contributed by atoms with Crippen molar-refractivity contribution in [2.45, 2.75) is 18.4 Å². The molecule has 2 aromatic rings. The summed E-state index contributed by atoms with van der Waals surface area (Å²) in [6.45, 7) is 1.90. The molecule has 0 spiro atoms. The largest absolute Gasteiger partial charge is 0.482 e. The molecule has 2 rings (SSSR count). The van der Waals surface area contributed by atoms with Crippen LogP contribution in [0.4, 0.5) is 0 Å². The summed E-state index contributed by atoms with van der Waals surface area (Å²) < 4.78 is 36.8. The van der Waals surface area contributed by atoms with E-state index >= 15 is 0 Å². The van der Waals surface area contributed by atoms with E-state index in [2.05, 4.69) is 9.71 Å². The van der Waals surface area contributed by atoms with Crippen molar-refractivity contribution in [3.8, 4) is 5.75 Å². The Labute approximate surface area is 140 Å². The molecular formula is C16H18N2O5S. The Morgan fingerprint density at radius 2 is 2.08 bits per heavy atom. The second-order valence-corrected chi connectivity index (χ2v) is 6.52. The summed E-state index contributed by atoms with van der Waals surface area (Å²) in [4.78, 5) is 15.2. The fourth-order valence-electron chi connectivity index (χ4n) is 1.86. The van der Waals surface area contributed by atoms with Gasteiger partial charge in [0, 0.05) is 18.9 Å². The maximum Gasteiger partial charge on any atom is 0.344 e. The highest BCUT2D eigenvalue weighted by Crippen LogP contribution is 2.14. The summed E-state index contributed by atoms with van der Waals surface area (Å²) in [5.41, 5.74) is 0.698. The van der Waals surface area contributed by atoms with Gasteiger partial charge in [0.2, 0.25) is 10.0 Å². The van der Waals surface area contributed by atoms with Crippen molar-refractivity contribution in [3.63, 3.8) is 0 Å². The van der Waals surface area contributed by atoms with Gasteiger partial charge in [-0.1, -0.05) is 12.1 Å². The van der Waals surface area contributed by atoms with Crippen LogP contribution < -0.4 is 9.46 Å². The molecule has 0 aliphatic carbocycles. The third-order valence-electron chi connectivity index (χ3n) is 2.97. The number of hydrogen-bond donors (Lipinski definition) is 1. The molecule has 0 aliphatic heterocycles. The molecule has 7 nitrogen and oxygen atoms in total. The number of benzene rings is 1. The topological polar surface area (TPSA) is 94.6 Å². The standard InChI is InChI=1S/C16H18N2O5S/c1-2-22-16(19)12-23-14-6-3-5-13(9-14)10-18-24(20,21)15-7-4-8-17-11-15/h3-9,11,18H,2,10,12H2,1H3. The van der Waals surface area contributed by atoms with E-state index in [1.54, 1.807) is 37.3 Å². The van der Waals surface area contributed by atoms with Crippen LogP contribution in [-0.4, -0.2) is 32.6 Å². The molecule has 0 amide bonds. The highest BCUT2D eigenvalue weighted by molar-refractivity contribution is 7.89. The van der Waals surface area contributed by atoms with Gasteiger partial charge in [0.1, 0.15) is 10.6 Å². The maximum absolute atomic E-state index is 12.1. The van der Waals surface area contributed by atoms with Crippen LogP contribution in [-0.2, 0) is 26.1 Å². The molecule has 0 aliphatic rings. The summed E-state index contributed by atoms with van der Waals surface area (Å²) in [6, 6.07) is 9.83. The summed E-state index contributed by atoms with van der Waals surface area (Å²) in [5, 5.41) is 0. The molecule has 0 saturated heterocycles. The summed E-state index contributed by atoms with van der Waals surface area (Å²) in [5.74, 6) is 0.00122. The van der Waals surface area contributed by atoms with Crippen LogP contribution in [0, 0.1) is 0 Å². The first-order valence-corrected chi connectivity index (χ1v) is 8.76. The van der Waals surface area contributed by atoms with Gasteiger partial charge in [-0.25, -0.2) is 17.9 Å². The molecule has 1 N–H and O–H groups in total. The molecule has 0 fully saturated rings. The lowest BCUT2D eigenvalue weighted by Gasteiger charge is -2.09. The van der Waals surface area contributed by atoms with Crippen LogP contribution >= 0.6 is 0 Å². The van der Waals surface area contributed by atoms with E-state index in [4.69, 9.17) is 9.47 Å². The van der Waals surface area contributed by atoms with Crippen LogP contribution in [0.1, 0.15) is 12.5 Å². The molecule has 128 valence electrons. The third kappa shape index (κ3) is 5.32. The maximum atomic E-state index is 12.1. The number of nitrogens with zero attached hydrogens (tertiary/aromatic N) is 1. The first kappa shape index (κ1) is 17.9. The zero-order chi connectivity index (χ0) is 17.4. The lowest BCUT2D eigenvalue weighted by atomic mass is 10.2. The fourth-order valence-corrected chi connectivity index (χ4v) is 2.84. The van der Waals surface area contributed by atoms with Crippen molar-refractivity contribution < 1.29 is 22.7 Å². The second-order valence-electron chi connectivity index (χ2n) is 4.75. The average Bonchev–Trinajstić information content (AvgIpc) is 2.60. The minimum absolute atomic E-state index is 0.0911. The number of hydrogen-bond acceptors (Lipinski definition) is 6. The van der Waals surface area contributed by atoms with Crippen LogP contribution in [0.15, 0.2) is 53.7 Å². The van der Waals surface area contributed by atoms with Crippen molar-refractivity contribution in [1.29, 1.82) is 0 Å². The number of carbonyl (C=O) groups is 1. The van der Waals surface area contributed by atoms with Gasteiger partial charge in [-0.15, -0.1) is 0 Å². The van der Waals surface area contributed by atoms with E-state index in [1.165, 1.54) is 18.5 Å². The van der Waals surface area contributed by atoms with E-state index in [1.807, 2.05) is 0 Å². The molecule has 8 heteroatoms. The average molecular weight is 350 g/mol. The van der Waals surface area contributed by atoms with Gasteiger partial charge >= 0.3 is 5.97 Å². The monoisotopic (exact) mass is 350 g/mol. The fraction of sp³-hybridized carbons (Fsp3) is 0.250. The Bertz CT molecular complexity index is 778.